The first-order valence-corrected chi connectivity index (χ1v) is 9.37. The molecule has 0 spiro atoms. The molecule has 2 aromatic rings. The Balaban J connectivity index is 1.78. The fourth-order valence-corrected chi connectivity index (χ4v) is 2.82. The van der Waals surface area contributed by atoms with Gasteiger partial charge in [-0.25, -0.2) is 0 Å². The van der Waals surface area contributed by atoms with E-state index in [1.807, 2.05) is 19.1 Å². The molecule has 0 bridgehead atoms. The van der Waals surface area contributed by atoms with E-state index in [1.54, 1.807) is 36.2 Å². The third-order valence-electron chi connectivity index (χ3n) is 4.22. The molecule has 0 fully saturated rings. The normalized spacial score (nSPS) is 11.9. The largest absolute Gasteiger partial charge is 0.348 e. The summed E-state index contributed by atoms with van der Waals surface area (Å²) in [7, 11) is 1.74. The lowest BCUT2D eigenvalue weighted by Gasteiger charge is -2.19. The standard InChI is InChI=1S/C21H26ClN3O2/c1-4-16-5-7-17(8-6-16)15(2)23-20(26)13-25(3)14-21(27)24-19-11-9-18(22)10-12-19/h5-12,15H,4,13-14H2,1-3H3,(H,23,26)(H,24,27)/t15-/m1/s1. The number of hydrogen-bond acceptors (Lipinski definition) is 3. The maximum absolute atomic E-state index is 12.2. The van der Waals surface area contributed by atoms with Gasteiger partial charge in [-0.1, -0.05) is 42.8 Å². The number of halogens is 1. The highest BCUT2D eigenvalue weighted by molar-refractivity contribution is 6.30. The lowest BCUT2D eigenvalue weighted by molar-refractivity contribution is -0.123. The van der Waals surface area contributed by atoms with Crippen LogP contribution in [0.25, 0.3) is 0 Å². The molecule has 0 saturated carbocycles. The van der Waals surface area contributed by atoms with Crippen LogP contribution in [0.4, 0.5) is 5.69 Å². The summed E-state index contributed by atoms with van der Waals surface area (Å²) in [6.07, 6.45) is 0.990. The van der Waals surface area contributed by atoms with Gasteiger partial charge in [-0.2, -0.15) is 0 Å². The number of likely N-dealkylation sites (N-methyl/N-ethyl adjacent to an activating group) is 1. The molecule has 1 atom stereocenters. The maximum Gasteiger partial charge on any atom is 0.238 e. The number of hydrogen-bond donors (Lipinski definition) is 2. The Morgan fingerprint density at radius 1 is 1.00 bits per heavy atom. The Labute approximate surface area is 165 Å². The molecule has 144 valence electrons. The van der Waals surface area contributed by atoms with Crippen LogP contribution >= 0.6 is 11.6 Å². The summed E-state index contributed by atoms with van der Waals surface area (Å²) in [4.78, 5) is 26.0. The van der Waals surface area contributed by atoms with E-state index in [0.717, 1.165) is 12.0 Å². The van der Waals surface area contributed by atoms with Crippen molar-refractivity contribution in [3.63, 3.8) is 0 Å². The third-order valence-corrected chi connectivity index (χ3v) is 4.47. The van der Waals surface area contributed by atoms with Crippen LogP contribution in [-0.2, 0) is 16.0 Å². The highest BCUT2D eigenvalue weighted by Crippen LogP contribution is 2.14. The number of carbonyl (C=O) groups is 2. The fraction of sp³-hybridized carbons (Fsp3) is 0.333. The minimum atomic E-state index is -0.184. The topological polar surface area (TPSA) is 61.4 Å². The van der Waals surface area contributed by atoms with Crippen molar-refractivity contribution in [2.75, 3.05) is 25.5 Å². The number of aryl methyl sites for hydroxylation is 1. The van der Waals surface area contributed by atoms with E-state index in [1.165, 1.54) is 5.56 Å². The van der Waals surface area contributed by atoms with Crippen LogP contribution in [0.2, 0.25) is 5.02 Å². The number of nitrogens with one attached hydrogen (secondary N) is 2. The molecule has 0 radical (unpaired) electrons. The number of carbonyl (C=O) groups excluding carboxylic acids is 2. The molecule has 0 aromatic heterocycles. The summed E-state index contributed by atoms with van der Waals surface area (Å²) in [5.41, 5.74) is 3.00. The van der Waals surface area contributed by atoms with Crippen molar-refractivity contribution in [2.24, 2.45) is 0 Å². The fourth-order valence-electron chi connectivity index (χ4n) is 2.69. The Morgan fingerprint density at radius 3 is 2.19 bits per heavy atom. The molecule has 0 aliphatic rings. The zero-order valence-electron chi connectivity index (χ0n) is 16.0. The molecule has 2 aromatic carbocycles. The molecule has 6 heteroatoms. The zero-order valence-corrected chi connectivity index (χ0v) is 16.7. The minimum absolute atomic E-state index is 0.0836. The second kappa shape index (κ2) is 10.1. The van der Waals surface area contributed by atoms with Gasteiger partial charge in [0, 0.05) is 10.7 Å². The van der Waals surface area contributed by atoms with E-state index in [9.17, 15) is 9.59 Å². The Hall–Kier alpha value is -2.37. The second-order valence-corrected chi connectivity index (χ2v) is 7.05. The third kappa shape index (κ3) is 7.04. The maximum atomic E-state index is 12.2. The van der Waals surface area contributed by atoms with Gasteiger partial charge >= 0.3 is 0 Å². The van der Waals surface area contributed by atoms with Crippen molar-refractivity contribution in [1.82, 2.24) is 10.2 Å². The van der Waals surface area contributed by atoms with Crippen molar-refractivity contribution < 1.29 is 9.59 Å². The number of nitrogens with zero attached hydrogens (tertiary/aromatic N) is 1. The average molecular weight is 388 g/mol. The summed E-state index contributed by atoms with van der Waals surface area (Å²) in [5, 5.41) is 6.36. The Kier molecular flexibility index (Phi) is 7.82. The van der Waals surface area contributed by atoms with Crippen LogP contribution in [0, 0.1) is 0 Å². The van der Waals surface area contributed by atoms with Crippen LogP contribution in [0.5, 0.6) is 0 Å². The van der Waals surface area contributed by atoms with Crippen LogP contribution < -0.4 is 10.6 Å². The summed E-state index contributed by atoms with van der Waals surface area (Å²) in [5.74, 6) is -0.306. The molecule has 0 aliphatic carbocycles. The number of rotatable bonds is 8. The smallest absolute Gasteiger partial charge is 0.238 e. The quantitative estimate of drug-likeness (QED) is 0.726. The first-order valence-electron chi connectivity index (χ1n) is 8.99. The lowest BCUT2D eigenvalue weighted by atomic mass is 10.1. The molecule has 0 saturated heterocycles. The molecule has 27 heavy (non-hydrogen) atoms. The molecular weight excluding hydrogens is 362 g/mol. The molecule has 0 heterocycles. The molecule has 0 unspecified atom stereocenters. The van der Waals surface area contributed by atoms with Gasteiger partial charge in [-0.15, -0.1) is 0 Å². The van der Waals surface area contributed by atoms with Crippen LogP contribution in [0.15, 0.2) is 48.5 Å². The second-order valence-electron chi connectivity index (χ2n) is 6.61. The van der Waals surface area contributed by atoms with Crippen LogP contribution in [-0.4, -0.2) is 36.9 Å². The highest BCUT2D eigenvalue weighted by atomic mass is 35.5. The minimum Gasteiger partial charge on any atom is -0.348 e. The van der Waals surface area contributed by atoms with Gasteiger partial charge in [0.25, 0.3) is 0 Å². The van der Waals surface area contributed by atoms with Gasteiger partial charge in [0.05, 0.1) is 19.1 Å². The zero-order chi connectivity index (χ0) is 19.8. The van der Waals surface area contributed by atoms with Crippen molar-refractivity contribution in [1.29, 1.82) is 0 Å². The summed E-state index contributed by atoms with van der Waals surface area (Å²) in [6, 6.07) is 15.0. The SMILES string of the molecule is CCc1ccc([C@@H](C)NC(=O)CN(C)CC(=O)Nc2ccc(Cl)cc2)cc1. The number of benzene rings is 2. The first kappa shape index (κ1) is 20.9. The number of amides is 2. The summed E-state index contributed by atoms with van der Waals surface area (Å²) >= 11 is 5.83. The Bertz CT molecular complexity index is 760. The highest BCUT2D eigenvalue weighted by Gasteiger charge is 2.14. The molecule has 5 nitrogen and oxygen atoms in total. The van der Waals surface area contributed by atoms with Crippen molar-refractivity contribution in [2.45, 2.75) is 26.3 Å². The first-order chi connectivity index (χ1) is 12.9. The van der Waals surface area contributed by atoms with Crippen LogP contribution in [0.1, 0.15) is 31.0 Å². The Morgan fingerprint density at radius 2 is 1.59 bits per heavy atom. The van der Waals surface area contributed by atoms with Gasteiger partial charge in [0.1, 0.15) is 0 Å². The predicted octanol–water partition coefficient (Wildman–Crippen LogP) is 3.65. The van der Waals surface area contributed by atoms with Gasteiger partial charge in [-0.3, -0.25) is 14.5 Å². The van der Waals surface area contributed by atoms with E-state index >= 15 is 0 Å². The van der Waals surface area contributed by atoms with E-state index < -0.39 is 0 Å². The molecular formula is C21H26ClN3O2. The van der Waals surface area contributed by atoms with E-state index in [2.05, 4.69) is 29.7 Å². The molecule has 2 amide bonds. The molecule has 2 rings (SSSR count). The van der Waals surface area contributed by atoms with E-state index in [0.29, 0.717) is 10.7 Å². The van der Waals surface area contributed by atoms with Gasteiger partial charge in [-0.05, 0) is 55.8 Å². The summed E-state index contributed by atoms with van der Waals surface area (Å²) in [6.45, 7) is 4.33. The van der Waals surface area contributed by atoms with Gasteiger partial charge in [0.2, 0.25) is 11.8 Å². The van der Waals surface area contributed by atoms with Crippen molar-refractivity contribution in [3.8, 4) is 0 Å². The monoisotopic (exact) mass is 387 g/mol. The van der Waals surface area contributed by atoms with E-state index in [-0.39, 0.29) is 30.9 Å². The number of anilines is 1. The average Bonchev–Trinajstić information content (AvgIpc) is 2.63. The molecule has 2 N–H and O–H groups in total. The van der Waals surface area contributed by atoms with Gasteiger partial charge < -0.3 is 10.6 Å². The summed E-state index contributed by atoms with van der Waals surface area (Å²) < 4.78 is 0. The molecule has 0 aliphatic heterocycles. The van der Waals surface area contributed by atoms with E-state index in [4.69, 9.17) is 11.6 Å². The van der Waals surface area contributed by atoms with Crippen molar-refractivity contribution in [3.05, 3.63) is 64.7 Å². The van der Waals surface area contributed by atoms with Crippen molar-refractivity contribution >= 4 is 29.1 Å². The van der Waals surface area contributed by atoms with Gasteiger partial charge in [0.15, 0.2) is 0 Å². The van der Waals surface area contributed by atoms with Crippen LogP contribution in [0.3, 0.4) is 0 Å². The predicted molar refractivity (Wildman–Crippen MR) is 110 cm³/mol. The lowest BCUT2D eigenvalue weighted by Crippen LogP contribution is -2.39.